The molecule has 8 heteroatoms. The van der Waals surface area contributed by atoms with Crippen LogP contribution in [0.25, 0.3) is 0 Å². The Balaban J connectivity index is 1.83. The van der Waals surface area contributed by atoms with Gasteiger partial charge in [-0.3, -0.25) is 9.59 Å². The number of carbonyl (C=O) groups excluding carboxylic acids is 2. The molecule has 2 aromatic rings. The maximum atomic E-state index is 13.2. The molecule has 0 atom stereocenters. The Morgan fingerprint density at radius 1 is 1.28 bits per heavy atom. The van der Waals surface area contributed by atoms with E-state index < -0.39 is 11.7 Å². The van der Waals surface area contributed by atoms with Crippen molar-refractivity contribution in [2.24, 2.45) is 0 Å². The molecule has 0 aliphatic carbocycles. The molecule has 1 aromatic heterocycles. The molecule has 0 aliphatic rings. The van der Waals surface area contributed by atoms with Crippen LogP contribution in [0.3, 0.4) is 0 Å². The third-order valence-electron chi connectivity index (χ3n) is 3.33. The number of amides is 2. The van der Waals surface area contributed by atoms with Gasteiger partial charge in [-0.25, -0.2) is 4.39 Å². The maximum absolute atomic E-state index is 13.2. The van der Waals surface area contributed by atoms with Gasteiger partial charge in [-0.1, -0.05) is 25.9 Å². The number of benzene rings is 1. The van der Waals surface area contributed by atoms with Crippen molar-refractivity contribution in [2.75, 3.05) is 11.9 Å². The highest BCUT2D eigenvalue weighted by Crippen LogP contribution is 2.24. The van der Waals surface area contributed by atoms with E-state index in [1.807, 2.05) is 20.8 Å². The summed E-state index contributed by atoms with van der Waals surface area (Å²) in [4.78, 5) is 23.9. The normalized spacial score (nSPS) is 11.2. The fourth-order valence-electron chi connectivity index (χ4n) is 1.95. The highest BCUT2D eigenvalue weighted by Gasteiger charge is 2.20. The summed E-state index contributed by atoms with van der Waals surface area (Å²) in [5.41, 5.74) is -0.0332. The lowest BCUT2D eigenvalue weighted by Gasteiger charge is -2.12. The van der Waals surface area contributed by atoms with Crippen LogP contribution in [0.1, 0.15) is 43.3 Å². The zero-order valence-electron chi connectivity index (χ0n) is 14.2. The molecule has 2 rings (SSSR count). The highest BCUT2D eigenvalue weighted by molar-refractivity contribution is 9.10. The number of anilines is 1. The Kier molecular flexibility index (Phi) is 5.94. The van der Waals surface area contributed by atoms with Crippen LogP contribution in [0, 0.1) is 5.82 Å². The lowest BCUT2D eigenvalue weighted by Crippen LogP contribution is -2.28. The van der Waals surface area contributed by atoms with E-state index in [2.05, 4.69) is 31.7 Å². The number of halogens is 2. The van der Waals surface area contributed by atoms with E-state index in [1.54, 1.807) is 6.07 Å². The van der Waals surface area contributed by atoms with Gasteiger partial charge >= 0.3 is 0 Å². The van der Waals surface area contributed by atoms with Crippen LogP contribution in [0.2, 0.25) is 0 Å². The predicted octanol–water partition coefficient (Wildman–Crippen LogP) is 3.63. The largest absolute Gasteiger partial charge is 0.359 e. The van der Waals surface area contributed by atoms with Crippen LogP contribution < -0.4 is 10.6 Å². The van der Waals surface area contributed by atoms with Crippen molar-refractivity contribution in [1.82, 2.24) is 10.5 Å². The molecule has 0 saturated carbocycles. The van der Waals surface area contributed by atoms with Gasteiger partial charge in [0.2, 0.25) is 5.91 Å². The van der Waals surface area contributed by atoms with E-state index in [4.69, 9.17) is 4.52 Å². The summed E-state index contributed by atoms with van der Waals surface area (Å²) in [7, 11) is 0. The molecule has 6 nitrogen and oxygen atoms in total. The van der Waals surface area contributed by atoms with Crippen LogP contribution in [0.5, 0.6) is 0 Å². The molecule has 134 valence electrons. The van der Waals surface area contributed by atoms with E-state index in [0.717, 1.165) is 6.07 Å². The summed E-state index contributed by atoms with van der Waals surface area (Å²) in [6, 6.07) is 5.50. The minimum atomic E-state index is -0.508. The Hall–Kier alpha value is -2.22. The molecular formula is C17H19BrFN3O3. The second kappa shape index (κ2) is 7.77. The van der Waals surface area contributed by atoms with Crippen LogP contribution in [-0.2, 0) is 10.2 Å². The summed E-state index contributed by atoms with van der Waals surface area (Å²) in [6.45, 7) is 6.02. The van der Waals surface area contributed by atoms with Crippen molar-refractivity contribution < 1.29 is 18.5 Å². The number of hydrogen-bond donors (Lipinski definition) is 2. The summed E-state index contributed by atoms with van der Waals surface area (Å²) in [5.74, 6) is -0.295. The molecule has 25 heavy (non-hydrogen) atoms. The minimum Gasteiger partial charge on any atom is -0.359 e. The number of rotatable bonds is 5. The first-order valence-corrected chi connectivity index (χ1v) is 8.46. The van der Waals surface area contributed by atoms with Gasteiger partial charge in [-0.15, -0.1) is 0 Å². The highest BCUT2D eigenvalue weighted by atomic mass is 79.9. The van der Waals surface area contributed by atoms with Gasteiger partial charge in [0.15, 0.2) is 5.82 Å². The number of aromatic nitrogens is 1. The first-order chi connectivity index (χ1) is 11.7. The smallest absolute Gasteiger partial charge is 0.252 e. The van der Waals surface area contributed by atoms with Gasteiger partial charge in [-0.2, -0.15) is 0 Å². The van der Waals surface area contributed by atoms with Gasteiger partial charge in [-0.05, 0) is 34.1 Å². The summed E-state index contributed by atoms with van der Waals surface area (Å²) >= 11 is 3.19. The maximum Gasteiger partial charge on any atom is 0.252 e. The second-order valence-corrected chi connectivity index (χ2v) is 7.36. The van der Waals surface area contributed by atoms with Crippen molar-refractivity contribution in [1.29, 1.82) is 0 Å². The molecule has 0 aliphatic heterocycles. The van der Waals surface area contributed by atoms with Crippen molar-refractivity contribution in [3.63, 3.8) is 0 Å². The van der Waals surface area contributed by atoms with E-state index in [0.29, 0.717) is 16.1 Å². The van der Waals surface area contributed by atoms with E-state index in [9.17, 15) is 14.0 Å². The van der Waals surface area contributed by atoms with Crippen molar-refractivity contribution in [3.05, 3.63) is 45.9 Å². The summed E-state index contributed by atoms with van der Waals surface area (Å²) in [6.07, 6.45) is 0.0520. The van der Waals surface area contributed by atoms with Gasteiger partial charge in [0.1, 0.15) is 11.6 Å². The Labute approximate surface area is 153 Å². The topological polar surface area (TPSA) is 84.2 Å². The molecule has 0 saturated heterocycles. The molecule has 0 fully saturated rings. The number of nitrogens with zero attached hydrogens (tertiary/aromatic N) is 1. The Morgan fingerprint density at radius 2 is 2.00 bits per heavy atom. The van der Waals surface area contributed by atoms with E-state index in [1.165, 1.54) is 12.1 Å². The molecule has 1 heterocycles. The number of hydrogen-bond acceptors (Lipinski definition) is 4. The molecule has 2 amide bonds. The van der Waals surface area contributed by atoms with Gasteiger partial charge in [0, 0.05) is 28.9 Å². The first kappa shape index (κ1) is 19.1. The van der Waals surface area contributed by atoms with Crippen molar-refractivity contribution in [2.45, 2.75) is 32.6 Å². The lowest BCUT2D eigenvalue weighted by molar-refractivity contribution is -0.116. The zero-order chi connectivity index (χ0) is 18.6. The van der Waals surface area contributed by atoms with Crippen molar-refractivity contribution in [3.8, 4) is 0 Å². The molecular weight excluding hydrogens is 393 g/mol. The van der Waals surface area contributed by atoms with Gasteiger partial charge in [0.05, 0.1) is 5.56 Å². The standard InChI is InChI=1S/C17H19BrFN3O3/c1-17(2,3)13-9-14(22-25-13)21-15(23)6-7-20-16(24)11-8-10(19)4-5-12(11)18/h4-5,8-9H,6-7H2,1-3H3,(H,20,24)(H,21,22,23). The van der Waals surface area contributed by atoms with Crippen LogP contribution in [-0.4, -0.2) is 23.5 Å². The summed E-state index contributed by atoms with van der Waals surface area (Å²) in [5, 5.41) is 8.97. The zero-order valence-corrected chi connectivity index (χ0v) is 15.7. The first-order valence-electron chi connectivity index (χ1n) is 7.67. The average molecular weight is 412 g/mol. The SMILES string of the molecule is CC(C)(C)c1cc(NC(=O)CCNC(=O)c2cc(F)ccc2Br)no1. The monoisotopic (exact) mass is 411 g/mol. The number of nitrogens with one attached hydrogen (secondary N) is 2. The predicted molar refractivity (Wildman–Crippen MR) is 94.9 cm³/mol. The average Bonchev–Trinajstić information content (AvgIpc) is 2.98. The fourth-order valence-corrected chi connectivity index (χ4v) is 2.38. The van der Waals surface area contributed by atoms with Crippen LogP contribution >= 0.6 is 15.9 Å². The number of carbonyl (C=O) groups is 2. The minimum absolute atomic E-state index is 0.0520. The molecule has 1 aromatic carbocycles. The Morgan fingerprint density at radius 3 is 2.64 bits per heavy atom. The lowest BCUT2D eigenvalue weighted by atomic mass is 9.93. The Bertz CT molecular complexity index is 784. The van der Waals surface area contributed by atoms with Gasteiger partial charge < -0.3 is 15.2 Å². The third-order valence-corrected chi connectivity index (χ3v) is 4.02. The van der Waals surface area contributed by atoms with Gasteiger partial charge in [0.25, 0.3) is 5.91 Å². The quantitative estimate of drug-likeness (QED) is 0.786. The van der Waals surface area contributed by atoms with Crippen LogP contribution in [0.15, 0.2) is 33.3 Å². The molecule has 0 radical (unpaired) electrons. The molecule has 0 unspecified atom stereocenters. The third kappa shape index (κ3) is 5.38. The van der Waals surface area contributed by atoms with E-state index in [-0.39, 0.29) is 29.9 Å². The molecule has 2 N–H and O–H groups in total. The second-order valence-electron chi connectivity index (χ2n) is 6.50. The molecule has 0 bridgehead atoms. The van der Waals surface area contributed by atoms with Crippen LogP contribution in [0.4, 0.5) is 10.2 Å². The fraction of sp³-hybridized carbons (Fsp3) is 0.353. The summed E-state index contributed by atoms with van der Waals surface area (Å²) < 4.78 is 18.9. The van der Waals surface area contributed by atoms with Crippen molar-refractivity contribution >= 4 is 33.6 Å². The molecule has 0 spiro atoms. The van der Waals surface area contributed by atoms with E-state index >= 15 is 0 Å².